The average Bonchev–Trinajstić information content (AvgIpc) is 3.03. The van der Waals surface area contributed by atoms with Gasteiger partial charge in [0.05, 0.1) is 23.5 Å². The fourth-order valence-corrected chi connectivity index (χ4v) is 3.98. The van der Waals surface area contributed by atoms with Crippen LogP contribution in [0, 0.1) is 13.8 Å². The van der Waals surface area contributed by atoms with Crippen LogP contribution in [0.5, 0.6) is 0 Å². The standard InChI is InChI=1S/C22H27N5O/c1-13(2)18-11-19(26(5)25-18)27-10-9-17-16(12-27)22(28)24-21(23-17)20-14(3)7-6-8-15(20)4/h6-8,11,13H,9-10,12H2,1-5H3,(H,23,24,28). The number of benzene rings is 1. The van der Waals surface area contributed by atoms with Gasteiger partial charge in [-0.25, -0.2) is 4.98 Å². The van der Waals surface area contributed by atoms with Crippen molar-refractivity contribution in [1.29, 1.82) is 0 Å². The lowest BCUT2D eigenvalue weighted by Gasteiger charge is -2.29. The number of anilines is 1. The topological polar surface area (TPSA) is 66.8 Å². The number of rotatable bonds is 3. The first-order valence-corrected chi connectivity index (χ1v) is 9.82. The van der Waals surface area contributed by atoms with Crippen molar-refractivity contribution >= 4 is 5.82 Å². The lowest BCUT2D eigenvalue weighted by Crippen LogP contribution is -2.36. The Bertz CT molecular complexity index is 1070. The molecule has 3 heterocycles. The van der Waals surface area contributed by atoms with Crippen LogP contribution in [0.4, 0.5) is 5.82 Å². The van der Waals surface area contributed by atoms with Crippen molar-refractivity contribution in [2.75, 3.05) is 11.4 Å². The van der Waals surface area contributed by atoms with Gasteiger partial charge in [0.25, 0.3) is 5.56 Å². The van der Waals surface area contributed by atoms with Gasteiger partial charge in [0.1, 0.15) is 11.6 Å². The molecule has 0 radical (unpaired) electrons. The van der Waals surface area contributed by atoms with E-state index in [1.807, 2.05) is 17.8 Å². The van der Waals surface area contributed by atoms with Crippen LogP contribution < -0.4 is 10.5 Å². The number of H-pyrrole nitrogens is 1. The highest BCUT2D eigenvalue weighted by molar-refractivity contribution is 5.64. The van der Waals surface area contributed by atoms with Gasteiger partial charge >= 0.3 is 0 Å². The minimum Gasteiger partial charge on any atom is -0.352 e. The average molecular weight is 377 g/mol. The highest BCUT2D eigenvalue weighted by Gasteiger charge is 2.24. The minimum atomic E-state index is -0.0430. The summed E-state index contributed by atoms with van der Waals surface area (Å²) in [4.78, 5) is 23.0. The van der Waals surface area contributed by atoms with E-state index in [1.54, 1.807) is 0 Å². The van der Waals surface area contributed by atoms with Crippen molar-refractivity contribution in [2.24, 2.45) is 7.05 Å². The molecule has 0 aliphatic carbocycles. The van der Waals surface area contributed by atoms with Gasteiger partial charge in [0, 0.05) is 31.6 Å². The van der Waals surface area contributed by atoms with Crippen molar-refractivity contribution in [2.45, 2.75) is 46.6 Å². The summed E-state index contributed by atoms with van der Waals surface area (Å²) in [5, 5.41) is 4.61. The SMILES string of the molecule is Cc1cccc(C)c1-c1nc2c(c(=O)[nH]1)CN(c1cc(C(C)C)nn1C)CC2. The second kappa shape index (κ2) is 6.93. The Morgan fingerprint density at radius 1 is 1.18 bits per heavy atom. The predicted octanol–water partition coefficient (Wildman–Crippen LogP) is 3.47. The minimum absolute atomic E-state index is 0.0430. The van der Waals surface area contributed by atoms with E-state index in [-0.39, 0.29) is 5.56 Å². The normalized spacial score (nSPS) is 13.9. The highest BCUT2D eigenvalue weighted by Crippen LogP contribution is 2.27. The number of hydrogen-bond acceptors (Lipinski definition) is 4. The van der Waals surface area contributed by atoms with Crippen LogP contribution in [0.3, 0.4) is 0 Å². The third-order valence-corrected chi connectivity index (χ3v) is 5.58. The van der Waals surface area contributed by atoms with E-state index in [1.165, 1.54) is 0 Å². The largest absolute Gasteiger partial charge is 0.352 e. The maximum atomic E-state index is 12.9. The fraction of sp³-hybridized carbons (Fsp3) is 0.409. The third kappa shape index (κ3) is 3.13. The summed E-state index contributed by atoms with van der Waals surface area (Å²) < 4.78 is 1.91. The summed E-state index contributed by atoms with van der Waals surface area (Å²) in [6.07, 6.45) is 0.749. The molecular weight excluding hydrogens is 350 g/mol. The van der Waals surface area contributed by atoms with E-state index >= 15 is 0 Å². The first-order chi connectivity index (χ1) is 13.3. The van der Waals surface area contributed by atoms with E-state index < -0.39 is 0 Å². The molecule has 0 bridgehead atoms. The molecular formula is C22H27N5O. The molecule has 0 amide bonds. The number of nitrogens with zero attached hydrogens (tertiary/aromatic N) is 4. The summed E-state index contributed by atoms with van der Waals surface area (Å²) in [6, 6.07) is 8.26. The summed E-state index contributed by atoms with van der Waals surface area (Å²) in [5.74, 6) is 2.10. The predicted molar refractivity (Wildman–Crippen MR) is 112 cm³/mol. The Kier molecular flexibility index (Phi) is 4.57. The van der Waals surface area contributed by atoms with Gasteiger partial charge in [-0.15, -0.1) is 0 Å². The van der Waals surface area contributed by atoms with E-state index in [2.05, 4.69) is 60.9 Å². The third-order valence-electron chi connectivity index (χ3n) is 5.58. The molecule has 6 heteroatoms. The Morgan fingerprint density at radius 2 is 1.89 bits per heavy atom. The molecule has 1 aromatic carbocycles. The molecule has 1 N–H and O–H groups in total. The van der Waals surface area contributed by atoms with Crippen molar-refractivity contribution in [3.8, 4) is 11.4 Å². The van der Waals surface area contributed by atoms with Crippen molar-refractivity contribution in [3.63, 3.8) is 0 Å². The second-order valence-corrected chi connectivity index (χ2v) is 7.98. The van der Waals surface area contributed by atoms with Crippen LogP contribution in [0.1, 0.15) is 47.8 Å². The lowest BCUT2D eigenvalue weighted by atomic mass is 10.0. The summed E-state index contributed by atoms with van der Waals surface area (Å²) in [7, 11) is 1.96. The van der Waals surface area contributed by atoms with Crippen LogP contribution in [0.15, 0.2) is 29.1 Å². The van der Waals surface area contributed by atoms with Gasteiger partial charge in [-0.2, -0.15) is 5.10 Å². The zero-order valence-corrected chi connectivity index (χ0v) is 17.2. The Labute approximate surface area is 165 Å². The van der Waals surface area contributed by atoms with E-state index in [0.29, 0.717) is 18.3 Å². The zero-order valence-electron chi connectivity index (χ0n) is 17.2. The van der Waals surface area contributed by atoms with Crippen molar-refractivity contribution in [1.82, 2.24) is 19.7 Å². The molecule has 1 aliphatic rings. The quantitative estimate of drug-likeness (QED) is 0.759. The molecule has 28 heavy (non-hydrogen) atoms. The molecule has 0 spiro atoms. The Balaban J connectivity index is 1.70. The van der Waals surface area contributed by atoms with Crippen LogP contribution in [-0.2, 0) is 20.0 Å². The number of nitrogens with one attached hydrogen (secondary N) is 1. The monoisotopic (exact) mass is 377 g/mol. The maximum Gasteiger partial charge on any atom is 0.256 e. The summed E-state index contributed by atoms with van der Waals surface area (Å²) in [6.45, 7) is 9.77. The molecule has 0 fully saturated rings. The van der Waals surface area contributed by atoms with Crippen molar-refractivity contribution in [3.05, 3.63) is 62.7 Å². The number of aryl methyl sites for hydroxylation is 3. The first-order valence-electron chi connectivity index (χ1n) is 9.82. The molecule has 146 valence electrons. The molecule has 0 unspecified atom stereocenters. The molecule has 0 saturated carbocycles. The van der Waals surface area contributed by atoms with E-state index in [9.17, 15) is 4.79 Å². The van der Waals surface area contributed by atoms with Crippen LogP contribution in [-0.4, -0.2) is 26.3 Å². The van der Waals surface area contributed by atoms with E-state index in [4.69, 9.17) is 4.98 Å². The molecule has 1 aliphatic heterocycles. The van der Waals surface area contributed by atoms with Crippen LogP contribution in [0.25, 0.3) is 11.4 Å². The fourth-order valence-electron chi connectivity index (χ4n) is 3.98. The zero-order chi connectivity index (χ0) is 20.0. The number of aromatic amines is 1. The number of fused-ring (bicyclic) bond motifs is 1. The molecule has 0 saturated heterocycles. The van der Waals surface area contributed by atoms with Gasteiger partial charge in [0.2, 0.25) is 0 Å². The van der Waals surface area contributed by atoms with Crippen LogP contribution in [0.2, 0.25) is 0 Å². The molecule has 3 aromatic rings. The summed E-state index contributed by atoms with van der Waals surface area (Å²) in [5.41, 5.74) is 5.96. The number of hydrogen-bond donors (Lipinski definition) is 1. The lowest BCUT2D eigenvalue weighted by molar-refractivity contribution is 0.647. The molecule has 6 nitrogen and oxygen atoms in total. The molecule has 0 atom stereocenters. The number of aromatic nitrogens is 4. The smallest absolute Gasteiger partial charge is 0.256 e. The maximum absolute atomic E-state index is 12.9. The van der Waals surface area contributed by atoms with E-state index in [0.717, 1.165) is 52.4 Å². The molecule has 2 aromatic heterocycles. The van der Waals surface area contributed by atoms with Gasteiger partial charge in [0.15, 0.2) is 0 Å². The van der Waals surface area contributed by atoms with Crippen molar-refractivity contribution < 1.29 is 0 Å². The summed E-state index contributed by atoms with van der Waals surface area (Å²) >= 11 is 0. The molecule has 4 rings (SSSR count). The van der Waals surface area contributed by atoms with Gasteiger partial charge in [-0.3, -0.25) is 9.48 Å². The van der Waals surface area contributed by atoms with Crippen LogP contribution >= 0.6 is 0 Å². The van der Waals surface area contributed by atoms with Gasteiger partial charge < -0.3 is 9.88 Å². The Hall–Kier alpha value is -2.89. The second-order valence-electron chi connectivity index (χ2n) is 7.98. The first kappa shape index (κ1) is 18.5. The highest BCUT2D eigenvalue weighted by atomic mass is 16.1. The van der Waals surface area contributed by atoms with Gasteiger partial charge in [-0.05, 0) is 30.9 Å². The van der Waals surface area contributed by atoms with Gasteiger partial charge in [-0.1, -0.05) is 32.0 Å². The Morgan fingerprint density at radius 3 is 2.54 bits per heavy atom.